The molecule has 1 aromatic carbocycles. The van der Waals surface area contributed by atoms with Crippen molar-refractivity contribution in [2.75, 3.05) is 6.54 Å². The van der Waals surface area contributed by atoms with Crippen LogP contribution in [-0.4, -0.2) is 31.6 Å². The van der Waals surface area contributed by atoms with E-state index in [1.165, 1.54) is 10.9 Å². The predicted molar refractivity (Wildman–Crippen MR) is 96.8 cm³/mol. The Kier molecular flexibility index (Phi) is 4.13. The van der Waals surface area contributed by atoms with Gasteiger partial charge in [0.1, 0.15) is 0 Å². The predicted octanol–water partition coefficient (Wildman–Crippen LogP) is 3.44. The Morgan fingerprint density at radius 1 is 1.21 bits per heavy atom. The number of amides is 1. The van der Waals surface area contributed by atoms with Crippen molar-refractivity contribution in [3.8, 4) is 0 Å². The lowest BCUT2D eigenvalue weighted by Gasteiger charge is -2.28. The molecule has 4 rings (SSSR count). The monoisotopic (exact) mass is 344 g/mol. The number of fused-ring (bicyclic) bond motifs is 3. The highest BCUT2D eigenvalue weighted by Crippen LogP contribution is 2.29. The molecule has 0 radical (unpaired) electrons. The lowest BCUT2D eigenvalue weighted by atomic mass is 10.1. The van der Waals surface area contributed by atoms with Gasteiger partial charge < -0.3 is 9.47 Å². The van der Waals surface area contributed by atoms with Gasteiger partial charge in [0, 0.05) is 36.8 Å². The van der Waals surface area contributed by atoms with Gasteiger partial charge in [0.2, 0.25) is 0 Å². The molecule has 2 aromatic heterocycles. The molecule has 126 valence electrons. The van der Waals surface area contributed by atoms with Gasteiger partial charge in [-0.2, -0.15) is 0 Å². The van der Waals surface area contributed by atoms with E-state index in [9.17, 15) is 4.79 Å². The second-order valence-corrected chi connectivity index (χ2v) is 6.27. The van der Waals surface area contributed by atoms with E-state index in [-0.39, 0.29) is 18.4 Å². The standard InChI is InChI=1S/C18H20N4O.ClH/c1-12-14-6-4-5-7-17(14)22-16(12)8-9-21(18(22)23)10-15-13(2)20(3)11-19-15;/h4-7,11H,8-10H2,1-3H3;1H. The topological polar surface area (TPSA) is 43.1 Å². The second kappa shape index (κ2) is 5.98. The summed E-state index contributed by atoms with van der Waals surface area (Å²) < 4.78 is 3.87. The number of hydrogen-bond donors (Lipinski definition) is 0. The molecule has 5 nitrogen and oxygen atoms in total. The molecule has 24 heavy (non-hydrogen) atoms. The fourth-order valence-corrected chi connectivity index (χ4v) is 3.47. The molecule has 1 aliphatic heterocycles. The molecule has 0 fully saturated rings. The molecule has 1 amide bonds. The summed E-state index contributed by atoms with van der Waals surface area (Å²) in [5, 5.41) is 1.17. The third-order valence-electron chi connectivity index (χ3n) is 5.01. The van der Waals surface area contributed by atoms with Crippen LogP contribution < -0.4 is 0 Å². The fourth-order valence-electron chi connectivity index (χ4n) is 3.47. The number of benzene rings is 1. The Balaban J connectivity index is 0.00000169. The molecule has 0 N–H and O–H groups in total. The molecule has 0 unspecified atom stereocenters. The first kappa shape index (κ1) is 16.6. The lowest BCUT2D eigenvalue weighted by Crippen LogP contribution is -2.41. The summed E-state index contributed by atoms with van der Waals surface area (Å²) >= 11 is 0. The Bertz CT molecular complexity index is 925. The molecule has 3 aromatic rings. The normalized spacial score (nSPS) is 14.0. The number of carbonyl (C=O) groups excluding carboxylic acids is 1. The van der Waals surface area contributed by atoms with Gasteiger partial charge in [-0.25, -0.2) is 9.78 Å². The van der Waals surface area contributed by atoms with Crippen molar-refractivity contribution >= 4 is 29.3 Å². The third kappa shape index (κ3) is 2.31. The van der Waals surface area contributed by atoms with Crippen LogP contribution >= 0.6 is 12.4 Å². The maximum atomic E-state index is 13.0. The fraction of sp³-hybridized carbons (Fsp3) is 0.333. The Hall–Kier alpha value is -2.27. The number of hydrogen-bond acceptors (Lipinski definition) is 2. The van der Waals surface area contributed by atoms with Crippen LogP contribution in [0.3, 0.4) is 0 Å². The van der Waals surface area contributed by atoms with Gasteiger partial charge >= 0.3 is 6.03 Å². The minimum Gasteiger partial charge on any atom is -0.338 e. The summed E-state index contributed by atoms with van der Waals surface area (Å²) in [5.41, 5.74) is 5.45. The molecule has 0 spiro atoms. The molecule has 0 bridgehead atoms. The van der Waals surface area contributed by atoms with Crippen LogP contribution in [0.2, 0.25) is 0 Å². The Morgan fingerprint density at radius 3 is 2.67 bits per heavy atom. The molecule has 3 heterocycles. The number of imidazole rings is 1. The van der Waals surface area contributed by atoms with Crippen LogP contribution in [0.4, 0.5) is 4.79 Å². The number of halogens is 1. The first-order valence-corrected chi connectivity index (χ1v) is 7.93. The molecule has 6 heteroatoms. The molecule has 0 saturated carbocycles. The van der Waals surface area contributed by atoms with E-state index in [0.717, 1.165) is 35.6 Å². The van der Waals surface area contributed by atoms with Crippen molar-refractivity contribution in [2.45, 2.75) is 26.8 Å². The summed E-state index contributed by atoms with van der Waals surface area (Å²) in [6, 6.07) is 8.20. The first-order chi connectivity index (χ1) is 11.1. The minimum atomic E-state index is 0. The Morgan fingerprint density at radius 2 is 1.96 bits per heavy atom. The first-order valence-electron chi connectivity index (χ1n) is 7.93. The quantitative estimate of drug-likeness (QED) is 0.714. The summed E-state index contributed by atoms with van der Waals surface area (Å²) in [4.78, 5) is 19.3. The highest BCUT2D eigenvalue weighted by molar-refractivity contribution is 5.96. The van der Waals surface area contributed by atoms with Crippen molar-refractivity contribution in [2.24, 2.45) is 7.05 Å². The van der Waals surface area contributed by atoms with Crippen LogP contribution in [-0.2, 0) is 20.0 Å². The van der Waals surface area contributed by atoms with Gasteiger partial charge in [-0.05, 0) is 25.5 Å². The largest absolute Gasteiger partial charge is 0.338 e. The SMILES string of the molecule is Cc1c2n(c3ccccc13)C(=O)N(Cc1ncn(C)c1C)CC2.Cl. The molecular weight excluding hydrogens is 324 g/mol. The summed E-state index contributed by atoms with van der Waals surface area (Å²) in [5.74, 6) is 0. The number of para-hydroxylation sites is 1. The third-order valence-corrected chi connectivity index (χ3v) is 5.01. The number of aromatic nitrogens is 3. The minimum absolute atomic E-state index is 0. The van der Waals surface area contributed by atoms with Crippen molar-refractivity contribution in [1.29, 1.82) is 0 Å². The van der Waals surface area contributed by atoms with Crippen molar-refractivity contribution in [1.82, 2.24) is 19.0 Å². The molecule has 1 aliphatic rings. The van der Waals surface area contributed by atoms with Gasteiger partial charge in [-0.1, -0.05) is 18.2 Å². The zero-order valence-electron chi connectivity index (χ0n) is 14.1. The molecular formula is C18H21ClN4O. The van der Waals surface area contributed by atoms with Gasteiger partial charge in [-0.3, -0.25) is 4.57 Å². The van der Waals surface area contributed by atoms with E-state index in [1.807, 2.05) is 46.2 Å². The molecule has 0 aliphatic carbocycles. The van der Waals surface area contributed by atoms with Crippen LogP contribution in [0.15, 0.2) is 30.6 Å². The van der Waals surface area contributed by atoms with Gasteiger partial charge in [0.25, 0.3) is 0 Å². The maximum Gasteiger partial charge on any atom is 0.329 e. The number of aryl methyl sites for hydroxylation is 2. The molecule has 0 atom stereocenters. The van der Waals surface area contributed by atoms with Crippen molar-refractivity contribution < 1.29 is 4.79 Å². The maximum absolute atomic E-state index is 13.0. The van der Waals surface area contributed by atoms with E-state index in [1.54, 1.807) is 6.33 Å². The van der Waals surface area contributed by atoms with Crippen LogP contribution in [0, 0.1) is 13.8 Å². The van der Waals surface area contributed by atoms with Gasteiger partial charge in [0.15, 0.2) is 0 Å². The van der Waals surface area contributed by atoms with Gasteiger partial charge in [0.05, 0.1) is 24.1 Å². The number of carbonyl (C=O) groups is 1. The average Bonchev–Trinajstić information content (AvgIpc) is 3.03. The van der Waals surface area contributed by atoms with E-state index in [4.69, 9.17) is 0 Å². The Labute approximate surface area is 147 Å². The van der Waals surface area contributed by atoms with Gasteiger partial charge in [-0.15, -0.1) is 12.4 Å². The number of nitrogens with zero attached hydrogens (tertiary/aromatic N) is 4. The summed E-state index contributed by atoms with van der Waals surface area (Å²) in [6.07, 6.45) is 2.69. The zero-order chi connectivity index (χ0) is 16.1. The second-order valence-electron chi connectivity index (χ2n) is 6.27. The number of rotatable bonds is 2. The molecule has 0 saturated heterocycles. The van der Waals surface area contributed by atoms with Crippen molar-refractivity contribution in [3.63, 3.8) is 0 Å². The van der Waals surface area contributed by atoms with E-state index in [0.29, 0.717) is 6.54 Å². The lowest BCUT2D eigenvalue weighted by molar-refractivity contribution is 0.190. The summed E-state index contributed by atoms with van der Waals surface area (Å²) in [7, 11) is 1.98. The zero-order valence-corrected chi connectivity index (χ0v) is 14.9. The smallest absolute Gasteiger partial charge is 0.329 e. The van der Waals surface area contributed by atoms with E-state index < -0.39 is 0 Å². The highest BCUT2D eigenvalue weighted by Gasteiger charge is 2.28. The van der Waals surface area contributed by atoms with Crippen molar-refractivity contribution in [3.05, 3.63) is 53.2 Å². The highest BCUT2D eigenvalue weighted by atomic mass is 35.5. The summed E-state index contributed by atoms with van der Waals surface area (Å²) in [6.45, 7) is 5.46. The van der Waals surface area contributed by atoms with E-state index in [2.05, 4.69) is 18.0 Å². The average molecular weight is 345 g/mol. The van der Waals surface area contributed by atoms with E-state index >= 15 is 0 Å². The van der Waals surface area contributed by atoms with Crippen LogP contribution in [0.1, 0.15) is 22.6 Å². The van der Waals surface area contributed by atoms with Crippen LogP contribution in [0.5, 0.6) is 0 Å². The van der Waals surface area contributed by atoms with Crippen LogP contribution in [0.25, 0.3) is 10.9 Å².